The number of nitrogens with zero attached hydrogens (tertiary/aromatic N) is 6. The summed E-state index contributed by atoms with van der Waals surface area (Å²) < 4.78 is 17.5. The Morgan fingerprint density at radius 2 is 1.24 bits per heavy atom. The minimum atomic E-state index is -1.47. The van der Waals surface area contributed by atoms with E-state index in [4.69, 9.17) is 34.8 Å². The monoisotopic (exact) mass is 518 g/mol. The van der Waals surface area contributed by atoms with Crippen molar-refractivity contribution in [2.75, 3.05) is 7.11 Å². The number of esters is 1. The minimum absolute atomic E-state index is 0.111. The zero-order chi connectivity index (χ0) is 25.2. The highest BCUT2D eigenvalue weighted by atomic mass is 35.5. The second-order valence-corrected chi connectivity index (χ2v) is 8.37. The molecule has 9 nitrogen and oxygen atoms in total. The lowest BCUT2D eigenvalue weighted by Crippen LogP contribution is -2.17. The van der Waals surface area contributed by atoms with Gasteiger partial charge < -0.3 is 9.84 Å². The summed E-state index contributed by atoms with van der Waals surface area (Å²) in [6.45, 7) is 6.08. The zero-order valence-electron chi connectivity index (χ0n) is 18.4. The van der Waals surface area contributed by atoms with Gasteiger partial charge in [0, 0.05) is 0 Å². The molecule has 178 valence electrons. The molecule has 0 aliphatic carbocycles. The maximum absolute atomic E-state index is 13.1. The van der Waals surface area contributed by atoms with Gasteiger partial charge in [-0.1, -0.05) is 34.8 Å². The van der Waals surface area contributed by atoms with Crippen LogP contribution in [0, 0.1) is 0 Å². The SMILES string of the molecule is CC(C)(F)c1cncc(Cl)n1.CC(C)(O)c1cncc(Cl)n1.COC(=O)c1cncc(Cl)n1. The van der Waals surface area contributed by atoms with Gasteiger partial charge in [0.25, 0.3) is 0 Å². The van der Waals surface area contributed by atoms with E-state index in [0.717, 1.165) is 0 Å². The van der Waals surface area contributed by atoms with Crippen LogP contribution in [0.25, 0.3) is 0 Å². The van der Waals surface area contributed by atoms with Gasteiger partial charge in [0.2, 0.25) is 0 Å². The van der Waals surface area contributed by atoms with Gasteiger partial charge in [-0.3, -0.25) is 15.0 Å². The smallest absolute Gasteiger partial charge is 0.358 e. The van der Waals surface area contributed by atoms with E-state index in [2.05, 4.69) is 34.6 Å². The van der Waals surface area contributed by atoms with E-state index in [1.54, 1.807) is 13.8 Å². The predicted molar refractivity (Wildman–Crippen MR) is 122 cm³/mol. The quantitative estimate of drug-likeness (QED) is 0.494. The molecule has 3 rings (SSSR count). The third kappa shape index (κ3) is 10.8. The molecule has 3 aromatic rings. The first-order valence-corrected chi connectivity index (χ1v) is 10.3. The van der Waals surface area contributed by atoms with Crippen LogP contribution in [0.2, 0.25) is 15.5 Å². The van der Waals surface area contributed by atoms with Crippen LogP contribution < -0.4 is 0 Å². The molecule has 0 saturated carbocycles. The van der Waals surface area contributed by atoms with E-state index in [1.807, 2.05) is 0 Å². The number of halogens is 4. The second-order valence-electron chi connectivity index (χ2n) is 7.20. The number of methoxy groups -OCH3 is 1. The van der Waals surface area contributed by atoms with Crippen LogP contribution in [0.5, 0.6) is 0 Å². The number of aliphatic hydroxyl groups is 1. The number of hydrogen-bond donors (Lipinski definition) is 1. The summed E-state index contributed by atoms with van der Waals surface area (Å²) in [6.07, 6.45) is 8.29. The number of carbonyl (C=O) groups is 1. The summed E-state index contributed by atoms with van der Waals surface area (Å²) in [4.78, 5) is 33.3. The summed E-state index contributed by atoms with van der Waals surface area (Å²) >= 11 is 16.5. The predicted octanol–water partition coefficient (Wildman–Crippen LogP) is 4.61. The first kappa shape index (κ1) is 28.5. The van der Waals surface area contributed by atoms with Crippen molar-refractivity contribution in [2.24, 2.45) is 0 Å². The van der Waals surface area contributed by atoms with Gasteiger partial charge in [-0.15, -0.1) is 0 Å². The van der Waals surface area contributed by atoms with Gasteiger partial charge >= 0.3 is 5.97 Å². The minimum Gasteiger partial charge on any atom is -0.464 e. The highest BCUT2D eigenvalue weighted by Gasteiger charge is 2.21. The lowest BCUT2D eigenvalue weighted by molar-refractivity contribution is 0.0593. The van der Waals surface area contributed by atoms with Gasteiger partial charge in [0.05, 0.1) is 55.7 Å². The summed E-state index contributed by atoms with van der Waals surface area (Å²) in [6, 6.07) is 0. The van der Waals surface area contributed by atoms with Crippen molar-refractivity contribution >= 4 is 40.8 Å². The molecule has 0 aromatic carbocycles. The van der Waals surface area contributed by atoms with E-state index in [-0.39, 0.29) is 21.7 Å². The van der Waals surface area contributed by atoms with E-state index < -0.39 is 17.2 Å². The third-order valence-corrected chi connectivity index (χ3v) is 3.99. The second kappa shape index (κ2) is 12.6. The molecule has 0 spiro atoms. The first-order valence-electron chi connectivity index (χ1n) is 9.17. The van der Waals surface area contributed by atoms with Crippen LogP contribution in [-0.4, -0.2) is 48.1 Å². The normalized spacial score (nSPS) is 10.8. The van der Waals surface area contributed by atoms with Crippen molar-refractivity contribution in [3.8, 4) is 0 Å². The first-order chi connectivity index (χ1) is 15.2. The topological polar surface area (TPSA) is 124 Å². The molecular formula is C20H22Cl3FN6O3. The van der Waals surface area contributed by atoms with E-state index in [1.165, 1.54) is 58.1 Å². The standard InChI is InChI=1S/C7H8ClFN2.C7H9ClN2O.C6H5ClN2O2/c1-7(2,9)5-3-10-4-6(8)11-5;1-7(2,11)5-3-9-4-6(8)10-5;1-11-6(10)4-2-8-3-5(7)9-4/h3-4H,1-2H3;3-4,11H,1-2H3;2-3H,1H3. The fourth-order valence-electron chi connectivity index (χ4n) is 1.81. The number of carbonyl (C=O) groups excluding carboxylic acids is 1. The summed E-state index contributed by atoms with van der Waals surface area (Å²) in [5.41, 5.74) is -1.61. The Labute approximate surface area is 205 Å². The highest BCUT2D eigenvalue weighted by molar-refractivity contribution is 6.29. The van der Waals surface area contributed by atoms with Crippen LogP contribution in [0.3, 0.4) is 0 Å². The number of rotatable bonds is 3. The van der Waals surface area contributed by atoms with Crippen molar-refractivity contribution in [3.63, 3.8) is 0 Å². The van der Waals surface area contributed by atoms with E-state index in [9.17, 15) is 14.3 Å². The molecule has 0 aliphatic heterocycles. The van der Waals surface area contributed by atoms with E-state index >= 15 is 0 Å². The average Bonchev–Trinajstić information content (AvgIpc) is 2.73. The maximum Gasteiger partial charge on any atom is 0.358 e. The number of ether oxygens (including phenoxy) is 1. The lowest BCUT2D eigenvalue weighted by atomic mass is 10.1. The van der Waals surface area contributed by atoms with Crippen molar-refractivity contribution in [2.45, 2.75) is 39.0 Å². The van der Waals surface area contributed by atoms with Gasteiger partial charge in [0.1, 0.15) is 26.7 Å². The Balaban J connectivity index is 0.000000247. The zero-order valence-corrected chi connectivity index (χ0v) is 20.7. The van der Waals surface area contributed by atoms with Crippen LogP contribution >= 0.6 is 34.8 Å². The summed E-state index contributed by atoms with van der Waals surface area (Å²) in [5.74, 6) is -0.542. The molecule has 0 aliphatic rings. The molecule has 0 atom stereocenters. The summed E-state index contributed by atoms with van der Waals surface area (Å²) in [5, 5.41) is 10.1. The molecule has 3 aromatic heterocycles. The van der Waals surface area contributed by atoms with Crippen molar-refractivity contribution in [1.29, 1.82) is 0 Å². The van der Waals surface area contributed by atoms with Gasteiger partial charge in [0.15, 0.2) is 5.69 Å². The molecule has 0 unspecified atom stereocenters. The molecule has 0 fully saturated rings. The Morgan fingerprint density at radius 3 is 1.58 bits per heavy atom. The van der Waals surface area contributed by atoms with E-state index in [0.29, 0.717) is 10.8 Å². The van der Waals surface area contributed by atoms with Crippen LogP contribution in [0.1, 0.15) is 49.6 Å². The Kier molecular flexibility index (Phi) is 10.9. The van der Waals surface area contributed by atoms with Gasteiger partial charge in [-0.25, -0.2) is 24.1 Å². The van der Waals surface area contributed by atoms with Crippen molar-refractivity contribution in [1.82, 2.24) is 29.9 Å². The van der Waals surface area contributed by atoms with Crippen molar-refractivity contribution < 1.29 is 19.0 Å². The Hall–Kier alpha value is -2.53. The van der Waals surface area contributed by atoms with Crippen LogP contribution in [-0.2, 0) is 16.0 Å². The number of aromatic nitrogens is 6. The van der Waals surface area contributed by atoms with Gasteiger partial charge in [-0.2, -0.15) is 0 Å². The van der Waals surface area contributed by atoms with Crippen molar-refractivity contribution in [3.05, 3.63) is 69.7 Å². The fourth-order valence-corrected chi connectivity index (χ4v) is 2.25. The molecule has 0 bridgehead atoms. The molecule has 3 heterocycles. The average molecular weight is 520 g/mol. The largest absolute Gasteiger partial charge is 0.464 e. The molecule has 0 amide bonds. The Bertz CT molecular complexity index is 1010. The molecule has 0 radical (unpaired) electrons. The fraction of sp³-hybridized carbons (Fsp3) is 0.350. The number of alkyl halides is 1. The third-order valence-electron chi connectivity index (χ3n) is 3.45. The molecular weight excluding hydrogens is 498 g/mol. The molecule has 1 N–H and O–H groups in total. The molecule has 33 heavy (non-hydrogen) atoms. The van der Waals surface area contributed by atoms with Crippen LogP contribution in [0.15, 0.2) is 37.2 Å². The Morgan fingerprint density at radius 1 is 0.818 bits per heavy atom. The number of hydrogen-bond acceptors (Lipinski definition) is 9. The molecule has 0 saturated heterocycles. The highest BCUT2D eigenvalue weighted by Crippen LogP contribution is 2.22. The van der Waals surface area contributed by atoms with Crippen LogP contribution in [0.4, 0.5) is 4.39 Å². The maximum atomic E-state index is 13.1. The summed E-state index contributed by atoms with van der Waals surface area (Å²) in [7, 11) is 1.27. The molecule has 13 heteroatoms. The lowest BCUT2D eigenvalue weighted by Gasteiger charge is -2.15. The van der Waals surface area contributed by atoms with Gasteiger partial charge in [-0.05, 0) is 27.7 Å².